The van der Waals surface area contributed by atoms with Gasteiger partial charge in [0, 0.05) is 16.7 Å². The van der Waals surface area contributed by atoms with Crippen LogP contribution in [-0.4, -0.2) is 11.5 Å². The SMILES string of the molecule is C=C(Br)CNc1nc(C)ccc1Cl. The Hall–Kier alpha value is -0.540. The van der Waals surface area contributed by atoms with E-state index in [1.165, 1.54) is 0 Å². The number of hydrogen-bond acceptors (Lipinski definition) is 2. The van der Waals surface area contributed by atoms with Crippen LogP contribution < -0.4 is 5.32 Å². The zero-order valence-corrected chi connectivity index (χ0v) is 9.61. The largest absolute Gasteiger partial charge is 0.364 e. The monoisotopic (exact) mass is 260 g/mol. The summed E-state index contributed by atoms with van der Waals surface area (Å²) in [6, 6.07) is 3.69. The molecule has 0 fully saturated rings. The van der Waals surface area contributed by atoms with E-state index < -0.39 is 0 Å². The first-order valence-corrected chi connectivity index (χ1v) is 4.97. The first-order valence-electron chi connectivity index (χ1n) is 3.80. The molecular formula is C9H10BrClN2. The van der Waals surface area contributed by atoms with E-state index in [2.05, 4.69) is 32.8 Å². The summed E-state index contributed by atoms with van der Waals surface area (Å²) in [5.74, 6) is 0.697. The fourth-order valence-electron chi connectivity index (χ4n) is 0.843. The van der Waals surface area contributed by atoms with Crippen molar-refractivity contribution in [3.63, 3.8) is 0 Å². The average Bonchev–Trinajstić information content (AvgIpc) is 2.06. The van der Waals surface area contributed by atoms with E-state index in [0.29, 0.717) is 17.4 Å². The molecule has 1 aromatic rings. The summed E-state index contributed by atoms with van der Waals surface area (Å²) < 4.78 is 0.867. The van der Waals surface area contributed by atoms with Crippen molar-refractivity contribution >= 4 is 33.3 Å². The predicted molar refractivity (Wildman–Crippen MR) is 60.5 cm³/mol. The third-order valence-electron chi connectivity index (χ3n) is 1.43. The van der Waals surface area contributed by atoms with Crippen molar-refractivity contribution in [3.8, 4) is 0 Å². The van der Waals surface area contributed by atoms with Crippen molar-refractivity contribution in [2.24, 2.45) is 0 Å². The van der Waals surface area contributed by atoms with Gasteiger partial charge >= 0.3 is 0 Å². The van der Waals surface area contributed by atoms with Crippen LogP contribution >= 0.6 is 27.5 Å². The summed E-state index contributed by atoms with van der Waals surface area (Å²) >= 11 is 9.16. The van der Waals surface area contributed by atoms with Gasteiger partial charge in [-0.05, 0) is 19.1 Å². The van der Waals surface area contributed by atoms with Gasteiger partial charge in [0.2, 0.25) is 0 Å². The number of pyridine rings is 1. The Morgan fingerprint density at radius 2 is 2.38 bits per heavy atom. The molecule has 1 rings (SSSR count). The minimum atomic E-state index is 0.621. The van der Waals surface area contributed by atoms with Crippen LogP contribution in [0.5, 0.6) is 0 Å². The van der Waals surface area contributed by atoms with E-state index in [1.807, 2.05) is 19.1 Å². The van der Waals surface area contributed by atoms with E-state index in [0.717, 1.165) is 10.2 Å². The smallest absolute Gasteiger partial charge is 0.145 e. The fourth-order valence-corrected chi connectivity index (χ4v) is 1.16. The van der Waals surface area contributed by atoms with Crippen LogP contribution in [-0.2, 0) is 0 Å². The number of nitrogens with zero attached hydrogens (tertiary/aromatic N) is 1. The molecule has 0 aliphatic carbocycles. The van der Waals surface area contributed by atoms with Gasteiger partial charge in [-0.2, -0.15) is 0 Å². The molecule has 0 aromatic carbocycles. The molecule has 0 bridgehead atoms. The molecule has 0 aliphatic rings. The third kappa shape index (κ3) is 3.36. The van der Waals surface area contributed by atoms with Crippen molar-refractivity contribution in [1.82, 2.24) is 4.98 Å². The van der Waals surface area contributed by atoms with Crippen LogP contribution in [0.3, 0.4) is 0 Å². The zero-order valence-electron chi connectivity index (χ0n) is 7.27. The molecular weight excluding hydrogens is 251 g/mol. The van der Waals surface area contributed by atoms with Crippen molar-refractivity contribution < 1.29 is 0 Å². The molecule has 0 amide bonds. The Kier molecular flexibility index (Phi) is 3.75. The molecule has 0 unspecified atom stereocenters. The number of nitrogens with one attached hydrogen (secondary N) is 1. The standard InChI is InChI=1S/C9H10BrClN2/c1-6(10)5-12-9-8(11)4-3-7(2)13-9/h3-4H,1,5H2,2H3,(H,12,13). The molecule has 13 heavy (non-hydrogen) atoms. The summed E-state index contributed by atoms with van der Waals surface area (Å²) in [5.41, 5.74) is 0.937. The summed E-state index contributed by atoms with van der Waals surface area (Å²) in [6.45, 7) is 6.25. The summed E-state index contributed by atoms with van der Waals surface area (Å²) in [4.78, 5) is 4.24. The van der Waals surface area contributed by atoms with Crippen molar-refractivity contribution in [2.75, 3.05) is 11.9 Å². The summed E-state index contributed by atoms with van der Waals surface area (Å²) in [6.07, 6.45) is 0. The van der Waals surface area contributed by atoms with Crippen molar-refractivity contribution in [1.29, 1.82) is 0 Å². The lowest BCUT2D eigenvalue weighted by Gasteiger charge is -2.06. The Morgan fingerprint density at radius 1 is 1.69 bits per heavy atom. The van der Waals surface area contributed by atoms with Crippen LogP contribution in [0.1, 0.15) is 5.69 Å². The van der Waals surface area contributed by atoms with Crippen LogP contribution in [0.15, 0.2) is 23.2 Å². The number of aryl methyl sites for hydroxylation is 1. The zero-order chi connectivity index (χ0) is 9.84. The highest BCUT2D eigenvalue weighted by atomic mass is 79.9. The maximum absolute atomic E-state index is 5.91. The summed E-state index contributed by atoms with van der Waals surface area (Å²) in [5, 5.41) is 3.69. The normalized spacial score (nSPS) is 9.77. The maximum atomic E-state index is 5.91. The lowest BCUT2D eigenvalue weighted by molar-refractivity contribution is 1.16. The first-order chi connectivity index (χ1) is 6.09. The Balaban J connectivity index is 2.75. The van der Waals surface area contributed by atoms with E-state index >= 15 is 0 Å². The Morgan fingerprint density at radius 3 is 3.00 bits per heavy atom. The van der Waals surface area contributed by atoms with Crippen LogP contribution in [0.25, 0.3) is 0 Å². The third-order valence-corrected chi connectivity index (χ3v) is 2.02. The molecule has 70 valence electrons. The fraction of sp³-hybridized carbons (Fsp3) is 0.222. The molecule has 4 heteroatoms. The second-order valence-corrected chi connectivity index (χ2v) is 4.18. The molecule has 0 atom stereocenters. The Labute approximate surface area is 91.1 Å². The van der Waals surface area contributed by atoms with Gasteiger partial charge in [-0.25, -0.2) is 4.98 Å². The van der Waals surface area contributed by atoms with Gasteiger partial charge in [-0.15, -0.1) is 0 Å². The quantitative estimate of drug-likeness (QED) is 0.902. The Bertz CT molecular complexity index is 325. The molecule has 1 aromatic heterocycles. The predicted octanol–water partition coefficient (Wildman–Crippen LogP) is 3.36. The molecule has 1 heterocycles. The van der Waals surface area contributed by atoms with Gasteiger partial charge in [0.1, 0.15) is 5.82 Å². The molecule has 1 N–H and O–H groups in total. The number of halogens is 2. The van der Waals surface area contributed by atoms with Gasteiger partial charge in [-0.3, -0.25) is 0 Å². The van der Waals surface area contributed by atoms with E-state index in [-0.39, 0.29) is 0 Å². The van der Waals surface area contributed by atoms with Gasteiger partial charge in [-0.1, -0.05) is 34.1 Å². The maximum Gasteiger partial charge on any atom is 0.145 e. The van der Waals surface area contributed by atoms with E-state index in [1.54, 1.807) is 0 Å². The summed E-state index contributed by atoms with van der Waals surface area (Å²) in [7, 11) is 0. The minimum absolute atomic E-state index is 0.621. The van der Waals surface area contributed by atoms with Gasteiger partial charge in [0.25, 0.3) is 0 Å². The molecule has 0 saturated carbocycles. The highest BCUT2D eigenvalue weighted by Gasteiger charge is 2.00. The molecule has 0 spiro atoms. The van der Waals surface area contributed by atoms with Gasteiger partial charge in [0.15, 0.2) is 0 Å². The molecule has 0 radical (unpaired) electrons. The van der Waals surface area contributed by atoms with Crippen molar-refractivity contribution in [2.45, 2.75) is 6.92 Å². The highest BCUT2D eigenvalue weighted by molar-refractivity contribution is 9.11. The topological polar surface area (TPSA) is 24.9 Å². The highest BCUT2D eigenvalue weighted by Crippen LogP contribution is 2.19. The van der Waals surface area contributed by atoms with Gasteiger partial charge in [0.05, 0.1) is 5.02 Å². The van der Waals surface area contributed by atoms with E-state index in [4.69, 9.17) is 11.6 Å². The second kappa shape index (κ2) is 4.63. The number of hydrogen-bond donors (Lipinski definition) is 1. The van der Waals surface area contributed by atoms with Crippen LogP contribution in [0, 0.1) is 6.92 Å². The number of rotatable bonds is 3. The first kappa shape index (κ1) is 10.5. The second-order valence-electron chi connectivity index (χ2n) is 2.65. The average molecular weight is 262 g/mol. The lowest BCUT2D eigenvalue weighted by Crippen LogP contribution is -2.03. The van der Waals surface area contributed by atoms with Crippen molar-refractivity contribution in [3.05, 3.63) is 33.9 Å². The minimum Gasteiger partial charge on any atom is -0.364 e. The number of anilines is 1. The molecule has 0 aliphatic heterocycles. The molecule has 0 saturated heterocycles. The van der Waals surface area contributed by atoms with Gasteiger partial charge < -0.3 is 5.32 Å². The van der Waals surface area contributed by atoms with Crippen LogP contribution in [0.2, 0.25) is 5.02 Å². The lowest BCUT2D eigenvalue weighted by atomic mass is 10.3. The van der Waals surface area contributed by atoms with Crippen LogP contribution in [0.4, 0.5) is 5.82 Å². The number of aromatic nitrogens is 1. The molecule has 2 nitrogen and oxygen atoms in total. The van der Waals surface area contributed by atoms with E-state index in [9.17, 15) is 0 Å².